The van der Waals surface area contributed by atoms with Crippen molar-refractivity contribution < 1.29 is 19.0 Å². The number of carbonyl (C=O) groups excluding carboxylic acids is 1. The van der Waals surface area contributed by atoms with Crippen molar-refractivity contribution in [2.75, 3.05) is 0 Å². The van der Waals surface area contributed by atoms with Crippen LogP contribution >= 0.6 is 11.6 Å². The Hall–Kier alpha value is -2.98. The lowest BCUT2D eigenvalue weighted by atomic mass is 10.1. The van der Waals surface area contributed by atoms with Gasteiger partial charge in [0.05, 0.1) is 5.02 Å². The van der Waals surface area contributed by atoms with Crippen molar-refractivity contribution in [2.24, 2.45) is 11.3 Å². The molecule has 5 heteroatoms. The maximum absolute atomic E-state index is 12.7. The van der Waals surface area contributed by atoms with Crippen LogP contribution in [-0.2, 0) is 16.1 Å². The van der Waals surface area contributed by atoms with E-state index in [9.17, 15) is 4.79 Å². The van der Waals surface area contributed by atoms with E-state index in [2.05, 4.69) is 0 Å². The Labute approximate surface area is 181 Å². The number of rotatable bonds is 7. The molecule has 2 unspecified atom stereocenters. The number of ether oxygens (including phenoxy) is 3. The van der Waals surface area contributed by atoms with Gasteiger partial charge in [0.25, 0.3) is 0 Å². The van der Waals surface area contributed by atoms with Crippen LogP contribution < -0.4 is 9.47 Å². The Morgan fingerprint density at radius 2 is 1.63 bits per heavy atom. The van der Waals surface area contributed by atoms with E-state index in [0.29, 0.717) is 16.5 Å². The molecule has 0 heterocycles. The third-order valence-electron chi connectivity index (χ3n) is 5.33. The average molecular weight is 423 g/mol. The van der Waals surface area contributed by atoms with Crippen molar-refractivity contribution in [3.8, 4) is 17.2 Å². The number of hydrogen-bond donors (Lipinski definition) is 0. The van der Waals surface area contributed by atoms with Gasteiger partial charge in [0.1, 0.15) is 35.9 Å². The van der Waals surface area contributed by atoms with Crippen molar-refractivity contribution >= 4 is 17.6 Å². The van der Waals surface area contributed by atoms with Gasteiger partial charge in [0, 0.05) is 5.41 Å². The summed E-state index contributed by atoms with van der Waals surface area (Å²) in [6.45, 7) is 4.17. The Kier molecular flexibility index (Phi) is 5.69. The van der Waals surface area contributed by atoms with Crippen LogP contribution in [0.15, 0.2) is 78.9 Å². The number of halogens is 1. The fourth-order valence-electron chi connectivity index (χ4n) is 3.48. The second-order valence-electron chi connectivity index (χ2n) is 7.94. The lowest BCUT2D eigenvalue weighted by Crippen LogP contribution is -2.12. The maximum atomic E-state index is 12.7. The zero-order chi connectivity index (χ0) is 21.1. The molecule has 1 fully saturated rings. The van der Waals surface area contributed by atoms with Crippen LogP contribution in [-0.4, -0.2) is 12.1 Å². The van der Waals surface area contributed by atoms with Crippen LogP contribution in [0, 0.1) is 11.3 Å². The molecule has 0 saturated heterocycles. The largest absolute Gasteiger partial charge is 0.487 e. The predicted molar refractivity (Wildman–Crippen MR) is 116 cm³/mol. The molecule has 154 valence electrons. The minimum Gasteiger partial charge on any atom is -0.487 e. The molecule has 3 aromatic carbocycles. The summed E-state index contributed by atoms with van der Waals surface area (Å²) in [7, 11) is 0. The van der Waals surface area contributed by atoms with Crippen LogP contribution in [0.5, 0.6) is 17.2 Å². The Morgan fingerprint density at radius 1 is 0.933 bits per heavy atom. The molecular formula is C25H23ClO4. The monoisotopic (exact) mass is 422 g/mol. The summed E-state index contributed by atoms with van der Waals surface area (Å²) in [4.78, 5) is 12.7. The van der Waals surface area contributed by atoms with E-state index < -0.39 is 0 Å². The van der Waals surface area contributed by atoms with Gasteiger partial charge in [-0.25, -0.2) is 0 Å². The summed E-state index contributed by atoms with van der Waals surface area (Å²) >= 11 is 6.18. The second-order valence-corrected chi connectivity index (χ2v) is 8.35. The van der Waals surface area contributed by atoms with Crippen LogP contribution in [0.4, 0.5) is 0 Å². The van der Waals surface area contributed by atoms with Gasteiger partial charge >= 0.3 is 5.97 Å². The normalized spacial score (nSPS) is 19.0. The fraction of sp³-hybridized carbons (Fsp3) is 0.240. The predicted octanol–water partition coefficient (Wildman–Crippen LogP) is 6.28. The molecule has 0 aliphatic heterocycles. The average Bonchev–Trinajstić information content (AvgIpc) is 3.29. The minimum absolute atomic E-state index is 0.177. The SMILES string of the molecule is CC1(C)C(Oc2ccccc2Cl)C1C(=O)OCc1cccc(Oc2ccccc2)c1. The zero-order valence-electron chi connectivity index (χ0n) is 16.9. The third kappa shape index (κ3) is 4.44. The first-order chi connectivity index (χ1) is 14.4. The molecule has 0 N–H and O–H groups in total. The molecule has 0 bridgehead atoms. The van der Waals surface area contributed by atoms with Gasteiger partial charge in [-0.2, -0.15) is 0 Å². The topological polar surface area (TPSA) is 44.8 Å². The van der Waals surface area contributed by atoms with Crippen molar-refractivity contribution in [1.82, 2.24) is 0 Å². The molecule has 3 aromatic rings. The van der Waals surface area contributed by atoms with Crippen LogP contribution in [0.2, 0.25) is 5.02 Å². The summed E-state index contributed by atoms with van der Waals surface area (Å²) in [6.07, 6.45) is -0.266. The molecule has 4 nitrogen and oxygen atoms in total. The number of benzene rings is 3. The van der Waals surface area contributed by atoms with Gasteiger partial charge < -0.3 is 14.2 Å². The molecule has 2 atom stereocenters. The molecule has 0 spiro atoms. The molecule has 1 saturated carbocycles. The lowest BCUT2D eigenvalue weighted by molar-refractivity contribution is -0.147. The van der Waals surface area contributed by atoms with Gasteiger partial charge in [0.15, 0.2) is 0 Å². The van der Waals surface area contributed by atoms with Gasteiger partial charge in [-0.05, 0) is 42.0 Å². The smallest absolute Gasteiger partial charge is 0.313 e. The van der Waals surface area contributed by atoms with Crippen LogP contribution in [0.25, 0.3) is 0 Å². The summed E-state index contributed by atoms with van der Waals surface area (Å²) in [5.74, 6) is 1.43. The van der Waals surface area contributed by atoms with E-state index in [1.807, 2.05) is 80.6 Å². The molecule has 4 rings (SSSR count). The highest BCUT2D eigenvalue weighted by atomic mass is 35.5. The first kappa shape index (κ1) is 20.3. The minimum atomic E-state index is -0.336. The van der Waals surface area contributed by atoms with Gasteiger partial charge in [-0.15, -0.1) is 0 Å². The number of esters is 1. The van der Waals surface area contributed by atoms with Crippen molar-refractivity contribution in [1.29, 1.82) is 0 Å². The first-order valence-corrected chi connectivity index (χ1v) is 10.2. The molecular weight excluding hydrogens is 400 g/mol. The molecule has 0 radical (unpaired) electrons. The van der Waals surface area contributed by atoms with Crippen LogP contribution in [0.3, 0.4) is 0 Å². The third-order valence-corrected chi connectivity index (χ3v) is 5.64. The number of hydrogen-bond acceptors (Lipinski definition) is 4. The van der Waals surface area contributed by atoms with Crippen molar-refractivity contribution in [2.45, 2.75) is 26.6 Å². The summed E-state index contributed by atoms with van der Waals surface area (Å²) in [5, 5.41) is 0.530. The van der Waals surface area contributed by atoms with E-state index in [-0.39, 0.29) is 30.0 Å². The second kappa shape index (κ2) is 8.41. The van der Waals surface area contributed by atoms with E-state index >= 15 is 0 Å². The summed E-state index contributed by atoms with van der Waals surface area (Å²) < 4.78 is 17.4. The van der Waals surface area contributed by atoms with Gasteiger partial charge in [0.2, 0.25) is 0 Å². The highest BCUT2D eigenvalue weighted by molar-refractivity contribution is 6.32. The van der Waals surface area contributed by atoms with Crippen molar-refractivity contribution in [3.63, 3.8) is 0 Å². The molecule has 0 amide bonds. The van der Waals surface area contributed by atoms with Gasteiger partial charge in [-0.1, -0.05) is 67.9 Å². The standard InChI is InChI=1S/C25H23ClO4/c1-25(2)22(23(25)30-21-14-7-6-13-20(21)26)24(27)28-16-17-9-8-12-19(15-17)29-18-10-4-3-5-11-18/h3-15,22-23H,16H2,1-2H3. The number of carbonyl (C=O) groups is 1. The van der Waals surface area contributed by atoms with E-state index in [4.69, 9.17) is 25.8 Å². The van der Waals surface area contributed by atoms with Crippen LogP contribution in [0.1, 0.15) is 19.4 Å². The Balaban J connectivity index is 1.35. The quantitative estimate of drug-likeness (QED) is 0.420. The first-order valence-electron chi connectivity index (χ1n) is 9.85. The Bertz CT molecular complexity index is 1030. The maximum Gasteiger partial charge on any atom is 0.313 e. The highest BCUT2D eigenvalue weighted by Gasteiger charge is 2.65. The number of para-hydroxylation sites is 2. The van der Waals surface area contributed by atoms with E-state index in [1.165, 1.54) is 0 Å². The summed E-state index contributed by atoms with van der Waals surface area (Å²) in [5.41, 5.74) is 0.549. The lowest BCUT2D eigenvalue weighted by Gasteiger charge is -2.09. The fourth-order valence-corrected chi connectivity index (χ4v) is 3.66. The molecule has 1 aliphatic rings. The van der Waals surface area contributed by atoms with E-state index in [1.54, 1.807) is 12.1 Å². The highest BCUT2D eigenvalue weighted by Crippen LogP contribution is 2.55. The molecule has 30 heavy (non-hydrogen) atoms. The van der Waals surface area contributed by atoms with Gasteiger partial charge in [-0.3, -0.25) is 4.79 Å². The Morgan fingerprint density at radius 3 is 2.40 bits per heavy atom. The zero-order valence-corrected chi connectivity index (χ0v) is 17.6. The molecule has 0 aromatic heterocycles. The summed E-state index contributed by atoms with van der Waals surface area (Å²) in [6, 6.07) is 24.3. The molecule has 1 aliphatic carbocycles. The van der Waals surface area contributed by atoms with Crippen molar-refractivity contribution in [3.05, 3.63) is 89.4 Å². The van der Waals surface area contributed by atoms with E-state index in [0.717, 1.165) is 11.3 Å².